The van der Waals surface area contributed by atoms with Crippen molar-refractivity contribution in [2.24, 2.45) is 0 Å². The van der Waals surface area contributed by atoms with Crippen LogP contribution in [-0.2, 0) is 17.7 Å². The SMILES string of the molecule is O=S(O)N1CCc2c(Br)cncc21. The Morgan fingerprint density at radius 3 is 3.08 bits per heavy atom. The van der Waals surface area contributed by atoms with Crippen LogP contribution in [0.4, 0.5) is 5.69 Å². The summed E-state index contributed by atoms with van der Waals surface area (Å²) in [5.74, 6) is 0. The van der Waals surface area contributed by atoms with Crippen molar-refractivity contribution >= 4 is 32.9 Å². The molecule has 1 aliphatic heterocycles. The van der Waals surface area contributed by atoms with Gasteiger partial charge in [-0.3, -0.25) is 13.8 Å². The lowest BCUT2D eigenvalue weighted by molar-refractivity contribution is 0.560. The normalized spacial score (nSPS) is 17.2. The second-order valence-corrected chi connectivity index (χ2v) is 4.46. The van der Waals surface area contributed by atoms with Gasteiger partial charge < -0.3 is 0 Å². The van der Waals surface area contributed by atoms with Crippen LogP contribution in [0.25, 0.3) is 0 Å². The van der Waals surface area contributed by atoms with Gasteiger partial charge in [0.05, 0.1) is 11.9 Å². The fourth-order valence-electron chi connectivity index (χ4n) is 1.41. The molecule has 1 aromatic rings. The molecule has 1 atom stereocenters. The van der Waals surface area contributed by atoms with E-state index < -0.39 is 11.3 Å². The molecule has 0 aliphatic carbocycles. The van der Waals surface area contributed by atoms with Crippen LogP contribution in [0, 0.1) is 0 Å². The van der Waals surface area contributed by atoms with E-state index in [0.29, 0.717) is 6.54 Å². The Kier molecular flexibility index (Phi) is 2.35. The molecule has 0 spiro atoms. The minimum atomic E-state index is -1.94. The summed E-state index contributed by atoms with van der Waals surface area (Å²) in [5.41, 5.74) is 1.80. The Morgan fingerprint density at radius 1 is 1.62 bits per heavy atom. The Bertz CT molecular complexity index is 372. The molecular formula is C7H7BrN2O2S. The van der Waals surface area contributed by atoms with E-state index in [1.54, 1.807) is 12.4 Å². The smallest absolute Gasteiger partial charge is 0.261 e. The predicted octanol–water partition coefficient (Wildman–Crippen LogP) is 1.34. The fourth-order valence-corrected chi connectivity index (χ4v) is 2.50. The van der Waals surface area contributed by atoms with Gasteiger partial charge in [-0.25, -0.2) is 4.21 Å². The van der Waals surface area contributed by atoms with Gasteiger partial charge in [0, 0.05) is 17.2 Å². The molecule has 6 heteroatoms. The third-order valence-corrected chi connectivity index (χ3v) is 3.44. The van der Waals surface area contributed by atoms with Gasteiger partial charge in [-0.1, -0.05) is 0 Å². The number of rotatable bonds is 1. The molecule has 1 aliphatic rings. The first-order valence-electron chi connectivity index (χ1n) is 3.71. The molecule has 0 saturated heterocycles. The van der Waals surface area contributed by atoms with E-state index in [2.05, 4.69) is 20.9 Å². The fraction of sp³-hybridized carbons (Fsp3) is 0.286. The molecular weight excluding hydrogens is 256 g/mol. The maximum Gasteiger partial charge on any atom is 0.261 e. The minimum absolute atomic E-state index is 0.572. The number of nitrogens with zero attached hydrogens (tertiary/aromatic N) is 2. The molecule has 4 nitrogen and oxygen atoms in total. The Labute approximate surface area is 86.5 Å². The third kappa shape index (κ3) is 1.49. The Morgan fingerprint density at radius 2 is 2.38 bits per heavy atom. The quantitative estimate of drug-likeness (QED) is 0.778. The number of anilines is 1. The molecule has 1 unspecified atom stereocenters. The molecule has 0 radical (unpaired) electrons. The maximum atomic E-state index is 10.9. The number of pyridine rings is 1. The first-order chi connectivity index (χ1) is 6.20. The summed E-state index contributed by atoms with van der Waals surface area (Å²) in [6, 6.07) is 0. The van der Waals surface area contributed by atoms with Gasteiger partial charge in [-0.05, 0) is 27.9 Å². The van der Waals surface area contributed by atoms with Crippen molar-refractivity contribution in [3.63, 3.8) is 0 Å². The maximum absolute atomic E-state index is 10.9. The van der Waals surface area contributed by atoms with E-state index in [0.717, 1.165) is 22.1 Å². The van der Waals surface area contributed by atoms with Crippen LogP contribution in [0.15, 0.2) is 16.9 Å². The lowest BCUT2D eigenvalue weighted by atomic mass is 10.2. The van der Waals surface area contributed by atoms with Crippen LogP contribution < -0.4 is 4.31 Å². The van der Waals surface area contributed by atoms with Crippen LogP contribution in [0.2, 0.25) is 0 Å². The number of fused-ring (bicyclic) bond motifs is 1. The van der Waals surface area contributed by atoms with Crippen molar-refractivity contribution in [1.82, 2.24) is 4.98 Å². The molecule has 0 bridgehead atoms. The summed E-state index contributed by atoms with van der Waals surface area (Å²) >= 11 is 1.42. The highest BCUT2D eigenvalue weighted by Crippen LogP contribution is 2.32. The van der Waals surface area contributed by atoms with Crippen LogP contribution >= 0.6 is 15.9 Å². The molecule has 0 saturated carbocycles. The number of aromatic nitrogens is 1. The molecule has 1 aromatic heterocycles. The summed E-state index contributed by atoms with van der Waals surface area (Å²) in [5, 5.41) is 0. The van der Waals surface area contributed by atoms with Gasteiger partial charge in [-0.15, -0.1) is 0 Å². The van der Waals surface area contributed by atoms with Gasteiger partial charge in [0.15, 0.2) is 0 Å². The van der Waals surface area contributed by atoms with Gasteiger partial charge in [-0.2, -0.15) is 0 Å². The van der Waals surface area contributed by atoms with Crippen molar-refractivity contribution < 1.29 is 8.76 Å². The standard InChI is InChI=1S/C7H7BrN2O2S/c8-6-3-9-4-7-5(6)1-2-10(7)13(11)12/h3-4H,1-2H2,(H,11,12). The van der Waals surface area contributed by atoms with Crippen LogP contribution in [-0.4, -0.2) is 20.3 Å². The zero-order chi connectivity index (χ0) is 9.42. The average Bonchev–Trinajstić information content (AvgIpc) is 2.48. The average molecular weight is 263 g/mol. The molecule has 0 aromatic carbocycles. The van der Waals surface area contributed by atoms with Crippen molar-refractivity contribution in [2.45, 2.75) is 6.42 Å². The minimum Gasteiger partial charge on any atom is -0.289 e. The second kappa shape index (κ2) is 3.36. The van der Waals surface area contributed by atoms with Gasteiger partial charge in [0.2, 0.25) is 0 Å². The van der Waals surface area contributed by atoms with E-state index in [-0.39, 0.29) is 0 Å². The number of hydrogen-bond acceptors (Lipinski definition) is 2. The molecule has 0 amide bonds. The Balaban J connectivity index is 2.49. The molecule has 0 fully saturated rings. The monoisotopic (exact) mass is 262 g/mol. The van der Waals surface area contributed by atoms with E-state index >= 15 is 0 Å². The number of halogens is 1. The van der Waals surface area contributed by atoms with Gasteiger partial charge in [0.1, 0.15) is 0 Å². The lowest BCUT2D eigenvalue weighted by Gasteiger charge is -2.12. The van der Waals surface area contributed by atoms with E-state index in [1.807, 2.05) is 0 Å². The molecule has 70 valence electrons. The van der Waals surface area contributed by atoms with E-state index in [4.69, 9.17) is 4.55 Å². The molecule has 13 heavy (non-hydrogen) atoms. The molecule has 2 rings (SSSR count). The molecule has 2 heterocycles. The van der Waals surface area contributed by atoms with Crippen LogP contribution in [0.3, 0.4) is 0 Å². The van der Waals surface area contributed by atoms with Crippen molar-refractivity contribution in [2.75, 3.05) is 10.8 Å². The Hall–Kier alpha value is -0.460. The second-order valence-electron chi connectivity index (χ2n) is 2.70. The van der Waals surface area contributed by atoms with E-state index in [1.165, 1.54) is 4.31 Å². The topological polar surface area (TPSA) is 53.4 Å². The highest BCUT2D eigenvalue weighted by Gasteiger charge is 2.24. The van der Waals surface area contributed by atoms with Crippen molar-refractivity contribution in [3.8, 4) is 0 Å². The predicted molar refractivity (Wildman–Crippen MR) is 53.8 cm³/mol. The van der Waals surface area contributed by atoms with Gasteiger partial charge >= 0.3 is 0 Å². The van der Waals surface area contributed by atoms with Crippen molar-refractivity contribution in [1.29, 1.82) is 0 Å². The zero-order valence-corrected chi connectivity index (χ0v) is 9.01. The first kappa shape index (κ1) is 9.11. The van der Waals surface area contributed by atoms with E-state index in [9.17, 15) is 4.21 Å². The highest BCUT2D eigenvalue weighted by atomic mass is 79.9. The lowest BCUT2D eigenvalue weighted by Crippen LogP contribution is -2.22. The van der Waals surface area contributed by atoms with Gasteiger partial charge in [0.25, 0.3) is 11.3 Å². The summed E-state index contributed by atoms with van der Waals surface area (Å²) in [7, 11) is 0. The molecule has 1 N–H and O–H groups in total. The summed E-state index contributed by atoms with van der Waals surface area (Å²) in [6.45, 7) is 0.572. The zero-order valence-electron chi connectivity index (χ0n) is 6.61. The summed E-state index contributed by atoms with van der Waals surface area (Å²) in [4.78, 5) is 3.95. The highest BCUT2D eigenvalue weighted by molar-refractivity contribution is 9.10. The van der Waals surface area contributed by atoms with Crippen LogP contribution in [0.5, 0.6) is 0 Å². The summed E-state index contributed by atoms with van der Waals surface area (Å²) in [6.07, 6.45) is 4.09. The number of hydrogen-bond donors (Lipinski definition) is 1. The first-order valence-corrected chi connectivity index (χ1v) is 5.56. The largest absolute Gasteiger partial charge is 0.289 e. The van der Waals surface area contributed by atoms with Crippen molar-refractivity contribution in [3.05, 3.63) is 22.4 Å². The summed E-state index contributed by atoms with van der Waals surface area (Å²) < 4.78 is 22.1. The van der Waals surface area contributed by atoms with Crippen LogP contribution in [0.1, 0.15) is 5.56 Å². The third-order valence-electron chi connectivity index (χ3n) is 2.00.